The lowest BCUT2D eigenvalue weighted by Crippen LogP contribution is -2.29. The van der Waals surface area contributed by atoms with E-state index in [0.717, 1.165) is 11.0 Å². The first-order chi connectivity index (χ1) is 16.3. The Hall–Kier alpha value is -3.84. The molecule has 0 radical (unpaired) electrons. The summed E-state index contributed by atoms with van der Waals surface area (Å²) in [7, 11) is 2.84. The minimum atomic E-state index is -1.10. The maximum Gasteiger partial charge on any atom is 0.300 e. The fourth-order valence-corrected chi connectivity index (χ4v) is 4.52. The number of aliphatic hydroxyl groups excluding tert-OH is 1. The summed E-state index contributed by atoms with van der Waals surface area (Å²) in [5, 5.41) is 11.6. The number of carbonyl (C=O) groups excluding carboxylic acids is 2. The molecular weight excluding hydrogens is 461 g/mol. The second-order valence-corrected chi connectivity index (χ2v) is 8.13. The Morgan fingerprint density at radius 3 is 2.44 bits per heavy atom. The number of nitrogens with zero attached hydrogens (tertiary/aromatic N) is 1. The molecule has 1 fully saturated rings. The minimum Gasteiger partial charge on any atom is -0.507 e. The van der Waals surface area contributed by atoms with Crippen LogP contribution < -0.4 is 14.4 Å². The van der Waals surface area contributed by atoms with Crippen molar-refractivity contribution >= 4 is 34.7 Å². The highest BCUT2D eigenvalue weighted by atomic mass is 35.5. The van der Waals surface area contributed by atoms with Crippen molar-refractivity contribution in [1.82, 2.24) is 0 Å². The van der Waals surface area contributed by atoms with Gasteiger partial charge in [0, 0.05) is 11.3 Å². The number of aliphatic hydroxyl groups is 1. The summed E-state index contributed by atoms with van der Waals surface area (Å²) in [4.78, 5) is 27.7. The number of amides is 1. The third kappa shape index (κ3) is 3.88. The number of halogens is 2. The summed E-state index contributed by atoms with van der Waals surface area (Å²) in [6, 6.07) is 14.3. The molecule has 1 saturated heterocycles. The van der Waals surface area contributed by atoms with Crippen LogP contribution in [-0.4, -0.2) is 31.0 Å². The van der Waals surface area contributed by atoms with Gasteiger partial charge >= 0.3 is 0 Å². The average molecular weight is 482 g/mol. The van der Waals surface area contributed by atoms with Crippen molar-refractivity contribution in [3.8, 4) is 11.5 Å². The molecule has 3 aromatic carbocycles. The Balaban J connectivity index is 2.05. The number of para-hydroxylation sites is 1. The van der Waals surface area contributed by atoms with E-state index in [2.05, 4.69) is 0 Å². The van der Waals surface area contributed by atoms with Crippen molar-refractivity contribution in [2.24, 2.45) is 0 Å². The number of benzene rings is 3. The van der Waals surface area contributed by atoms with Crippen LogP contribution in [0.4, 0.5) is 10.1 Å². The van der Waals surface area contributed by atoms with Gasteiger partial charge in [-0.1, -0.05) is 35.9 Å². The molecule has 0 aliphatic carbocycles. The van der Waals surface area contributed by atoms with Gasteiger partial charge in [-0.05, 0) is 48.9 Å². The topological polar surface area (TPSA) is 76.1 Å². The van der Waals surface area contributed by atoms with Gasteiger partial charge in [-0.2, -0.15) is 0 Å². The van der Waals surface area contributed by atoms with Gasteiger partial charge in [0.15, 0.2) is 0 Å². The zero-order valence-corrected chi connectivity index (χ0v) is 19.4. The van der Waals surface area contributed by atoms with Crippen LogP contribution in [0.2, 0.25) is 5.02 Å². The Morgan fingerprint density at radius 1 is 1.03 bits per heavy atom. The quantitative estimate of drug-likeness (QED) is 0.299. The first-order valence-electron chi connectivity index (χ1n) is 10.3. The van der Waals surface area contributed by atoms with Crippen LogP contribution in [0, 0.1) is 12.7 Å². The zero-order valence-electron chi connectivity index (χ0n) is 18.6. The van der Waals surface area contributed by atoms with Gasteiger partial charge in [0.2, 0.25) is 0 Å². The monoisotopic (exact) mass is 481 g/mol. The van der Waals surface area contributed by atoms with Crippen LogP contribution in [0.5, 0.6) is 11.5 Å². The van der Waals surface area contributed by atoms with E-state index in [4.69, 9.17) is 21.1 Å². The molecule has 0 saturated carbocycles. The molecular formula is C26H21ClFNO5. The van der Waals surface area contributed by atoms with E-state index in [1.165, 1.54) is 32.4 Å². The highest BCUT2D eigenvalue weighted by molar-refractivity contribution is 6.51. The number of ether oxygens (including phenoxy) is 2. The van der Waals surface area contributed by atoms with E-state index in [1.54, 1.807) is 43.3 Å². The lowest BCUT2D eigenvalue weighted by atomic mass is 9.93. The largest absolute Gasteiger partial charge is 0.507 e. The second-order valence-electron chi connectivity index (χ2n) is 7.72. The molecule has 1 aliphatic rings. The Bertz CT molecular complexity index is 1340. The molecule has 1 N–H and O–H groups in total. The third-order valence-corrected chi connectivity index (χ3v) is 5.89. The van der Waals surface area contributed by atoms with E-state index in [1.807, 2.05) is 0 Å². The fourth-order valence-electron chi connectivity index (χ4n) is 4.17. The molecule has 8 heteroatoms. The van der Waals surface area contributed by atoms with Crippen molar-refractivity contribution in [2.75, 3.05) is 19.1 Å². The van der Waals surface area contributed by atoms with E-state index in [0.29, 0.717) is 16.9 Å². The van der Waals surface area contributed by atoms with Crippen LogP contribution >= 0.6 is 11.6 Å². The fraction of sp³-hybridized carbons (Fsp3) is 0.154. The average Bonchev–Trinajstić information content (AvgIpc) is 3.08. The molecule has 174 valence electrons. The Morgan fingerprint density at radius 2 is 1.76 bits per heavy atom. The number of aryl methyl sites for hydroxylation is 1. The summed E-state index contributed by atoms with van der Waals surface area (Å²) >= 11 is 6.31. The zero-order chi connectivity index (χ0) is 24.6. The van der Waals surface area contributed by atoms with Crippen LogP contribution in [0.15, 0.2) is 66.2 Å². The molecule has 1 amide bonds. The number of hydrogen-bond acceptors (Lipinski definition) is 5. The third-order valence-electron chi connectivity index (χ3n) is 5.61. The van der Waals surface area contributed by atoms with Crippen LogP contribution in [0.1, 0.15) is 22.7 Å². The van der Waals surface area contributed by atoms with Gasteiger partial charge in [-0.3, -0.25) is 14.5 Å². The Kier molecular flexibility index (Phi) is 6.30. The molecule has 0 spiro atoms. The summed E-state index contributed by atoms with van der Waals surface area (Å²) in [5.74, 6) is -2.35. The number of hydrogen-bond donors (Lipinski definition) is 1. The van der Waals surface area contributed by atoms with Gasteiger partial charge in [0.1, 0.15) is 23.1 Å². The predicted molar refractivity (Wildman–Crippen MR) is 127 cm³/mol. The van der Waals surface area contributed by atoms with Gasteiger partial charge in [0.25, 0.3) is 11.7 Å². The number of rotatable bonds is 5. The standard InChI is InChI=1S/C26H21ClFNO5/c1-14-11-18(25(34-3)19(27)12-14)23(30)21-22(17-9-4-5-10-20(17)33-2)29(26(32)24(21)31)16-8-6-7-15(28)13-16/h4-13,22,30H,1-3H3/b23-21+. The number of anilines is 1. The van der Waals surface area contributed by atoms with Crippen LogP contribution in [-0.2, 0) is 9.59 Å². The van der Waals surface area contributed by atoms with Crippen molar-refractivity contribution in [1.29, 1.82) is 0 Å². The van der Waals surface area contributed by atoms with E-state index in [9.17, 15) is 19.1 Å². The van der Waals surface area contributed by atoms with Crippen molar-refractivity contribution < 1.29 is 28.6 Å². The SMILES string of the molecule is COc1ccccc1C1/C(=C(\O)c2cc(C)cc(Cl)c2OC)C(=O)C(=O)N1c1cccc(F)c1. The summed E-state index contributed by atoms with van der Waals surface area (Å²) in [5.41, 5.74) is 1.27. The summed E-state index contributed by atoms with van der Waals surface area (Å²) < 4.78 is 24.9. The van der Waals surface area contributed by atoms with Gasteiger partial charge in [0.05, 0.1) is 36.4 Å². The van der Waals surface area contributed by atoms with Gasteiger partial charge in [-0.15, -0.1) is 0 Å². The van der Waals surface area contributed by atoms with E-state index in [-0.39, 0.29) is 27.6 Å². The molecule has 1 aliphatic heterocycles. The van der Waals surface area contributed by atoms with Crippen LogP contribution in [0.3, 0.4) is 0 Å². The van der Waals surface area contributed by atoms with Crippen molar-refractivity contribution in [3.63, 3.8) is 0 Å². The van der Waals surface area contributed by atoms with Gasteiger partial charge in [-0.25, -0.2) is 4.39 Å². The smallest absolute Gasteiger partial charge is 0.300 e. The molecule has 1 heterocycles. The summed E-state index contributed by atoms with van der Waals surface area (Å²) in [6.07, 6.45) is 0. The number of carbonyl (C=O) groups is 2. The second kappa shape index (κ2) is 9.19. The highest BCUT2D eigenvalue weighted by Crippen LogP contribution is 2.46. The molecule has 34 heavy (non-hydrogen) atoms. The summed E-state index contributed by atoms with van der Waals surface area (Å²) in [6.45, 7) is 1.77. The van der Waals surface area contributed by atoms with Crippen molar-refractivity contribution in [3.05, 3.63) is 93.8 Å². The molecule has 6 nitrogen and oxygen atoms in total. The number of Topliss-reactive ketones (excluding diaryl/α,β-unsaturated/α-hetero) is 1. The van der Waals surface area contributed by atoms with E-state index >= 15 is 0 Å². The molecule has 4 rings (SSSR count). The molecule has 0 aromatic heterocycles. The normalized spacial score (nSPS) is 17.2. The van der Waals surface area contributed by atoms with Gasteiger partial charge < -0.3 is 14.6 Å². The molecule has 3 aromatic rings. The maximum absolute atomic E-state index is 14.1. The maximum atomic E-state index is 14.1. The molecule has 1 unspecified atom stereocenters. The highest BCUT2D eigenvalue weighted by Gasteiger charge is 2.48. The predicted octanol–water partition coefficient (Wildman–Crippen LogP) is 5.43. The molecule has 1 atom stereocenters. The lowest BCUT2D eigenvalue weighted by Gasteiger charge is -2.26. The Labute approximate surface area is 200 Å². The first kappa shape index (κ1) is 23.3. The number of ketones is 1. The van der Waals surface area contributed by atoms with Crippen molar-refractivity contribution in [2.45, 2.75) is 13.0 Å². The first-order valence-corrected chi connectivity index (χ1v) is 10.7. The minimum absolute atomic E-state index is 0.153. The lowest BCUT2D eigenvalue weighted by molar-refractivity contribution is -0.132. The van der Waals surface area contributed by atoms with E-state index < -0.39 is 29.3 Å². The molecule has 0 bridgehead atoms. The van der Waals surface area contributed by atoms with Crippen LogP contribution in [0.25, 0.3) is 5.76 Å². The number of methoxy groups -OCH3 is 2.